The van der Waals surface area contributed by atoms with E-state index in [4.69, 9.17) is 5.11 Å². The van der Waals surface area contributed by atoms with Crippen LogP contribution < -0.4 is 0 Å². The molecule has 0 saturated heterocycles. The highest BCUT2D eigenvalue weighted by Gasteiger charge is 2.36. The Morgan fingerprint density at radius 2 is 2.17 bits per heavy atom. The van der Waals surface area contributed by atoms with Crippen molar-refractivity contribution in [1.29, 1.82) is 0 Å². The van der Waals surface area contributed by atoms with Crippen molar-refractivity contribution in [2.75, 3.05) is 0 Å². The lowest BCUT2D eigenvalue weighted by Gasteiger charge is -2.22. The summed E-state index contributed by atoms with van der Waals surface area (Å²) in [4.78, 5) is 11.1. The van der Waals surface area contributed by atoms with Gasteiger partial charge in [0, 0.05) is 0 Å². The van der Waals surface area contributed by atoms with Crippen LogP contribution in [-0.4, -0.2) is 32.2 Å². The zero-order valence-corrected chi connectivity index (χ0v) is 12.3. The predicted molar refractivity (Wildman–Crippen MR) is 83.8 cm³/mol. The molecule has 0 saturated carbocycles. The summed E-state index contributed by atoms with van der Waals surface area (Å²) in [6.07, 6.45) is 5.39. The summed E-state index contributed by atoms with van der Waals surface area (Å²) in [5.74, 6) is -0.870. The molecule has 2 N–H and O–H groups in total. The van der Waals surface area contributed by atoms with E-state index in [0.29, 0.717) is 17.8 Å². The number of aromatic nitrogens is 3. The Kier molecular flexibility index (Phi) is 3.80. The number of allylic oxidation sites excluding steroid dienone is 1. The van der Waals surface area contributed by atoms with Crippen LogP contribution in [0.5, 0.6) is 0 Å². The van der Waals surface area contributed by atoms with Crippen molar-refractivity contribution in [2.24, 2.45) is 20.9 Å². The Morgan fingerprint density at radius 3 is 2.91 bits per heavy atom. The molecule has 0 fully saturated rings. The Balaban J connectivity index is 0.000000149. The normalized spacial score (nSPS) is 21.3. The molecule has 2 aromatic rings. The number of nitrogens with zero attached hydrogens (tertiary/aromatic N) is 5. The van der Waals surface area contributed by atoms with Gasteiger partial charge in [-0.1, -0.05) is 30.3 Å². The first-order valence-electron chi connectivity index (χ1n) is 7.05. The van der Waals surface area contributed by atoms with Crippen LogP contribution in [0.25, 0.3) is 11.0 Å². The van der Waals surface area contributed by atoms with Gasteiger partial charge in [-0.15, -0.1) is 15.3 Å². The molecule has 0 amide bonds. The SMILES string of the molecule is CCC1(C(=O)O)C=CC2=NN=NC2=C1.c1ccc2[nH]nnc2c1. The van der Waals surface area contributed by atoms with Crippen LogP contribution in [0.15, 0.2) is 63.6 Å². The number of aliphatic carboxylic acids is 1. The highest BCUT2D eigenvalue weighted by Crippen LogP contribution is 2.33. The van der Waals surface area contributed by atoms with Gasteiger partial charge < -0.3 is 5.11 Å². The van der Waals surface area contributed by atoms with Crippen molar-refractivity contribution in [2.45, 2.75) is 13.3 Å². The van der Waals surface area contributed by atoms with Gasteiger partial charge in [-0.05, 0) is 35.9 Å². The molecule has 116 valence electrons. The zero-order valence-electron chi connectivity index (χ0n) is 12.3. The fourth-order valence-electron chi connectivity index (χ4n) is 2.25. The second-order valence-corrected chi connectivity index (χ2v) is 5.07. The molecule has 1 aromatic heterocycles. The molecule has 0 radical (unpaired) electrons. The van der Waals surface area contributed by atoms with E-state index in [2.05, 4.69) is 30.8 Å². The zero-order chi connectivity index (χ0) is 16.3. The molecule has 8 heteroatoms. The average molecular weight is 310 g/mol. The number of H-pyrrole nitrogens is 1. The van der Waals surface area contributed by atoms with Gasteiger partial charge in [0.25, 0.3) is 0 Å². The first kappa shape index (κ1) is 14.8. The number of carboxylic acids is 1. The summed E-state index contributed by atoms with van der Waals surface area (Å²) in [6.45, 7) is 1.82. The van der Waals surface area contributed by atoms with Crippen LogP contribution in [0.1, 0.15) is 13.3 Å². The van der Waals surface area contributed by atoms with E-state index in [0.717, 1.165) is 11.0 Å². The molecule has 4 rings (SSSR count). The first-order chi connectivity index (χ1) is 11.1. The lowest BCUT2D eigenvalue weighted by Crippen LogP contribution is -2.28. The van der Waals surface area contributed by atoms with Gasteiger partial charge in [0.1, 0.15) is 22.3 Å². The fourth-order valence-corrected chi connectivity index (χ4v) is 2.25. The Labute approximate surface area is 131 Å². The summed E-state index contributed by atoms with van der Waals surface area (Å²) < 4.78 is 0. The van der Waals surface area contributed by atoms with Crippen LogP contribution in [0.4, 0.5) is 0 Å². The smallest absolute Gasteiger partial charge is 0.317 e. The number of carbonyl (C=O) groups is 1. The van der Waals surface area contributed by atoms with E-state index in [1.165, 1.54) is 0 Å². The minimum absolute atomic E-state index is 0.491. The minimum Gasteiger partial charge on any atom is -0.480 e. The lowest BCUT2D eigenvalue weighted by atomic mass is 9.80. The molecule has 1 aliphatic heterocycles. The number of hydrogen-bond acceptors (Lipinski definition) is 6. The largest absolute Gasteiger partial charge is 0.480 e. The van der Waals surface area contributed by atoms with Crippen molar-refractivity contribution >= 4 is 22.7 Å². The predicted octanol–water partition coefficient (Wildman–Crippen LogP) is 2.70. The van der Waals surface area contributed by atoms with Gasteiger partial charge in [-0.25, -0.2) is 0 Å². The number of rotatable bonds is 2. The maximum absolute atomic E-state index is 11.1. The van der Waals surface area contributed by atoms with Gasteiger partial charge in [0.2, 0.25) is 0 Å². The molecule has 1 atom stereocenters. The summed E-state index contributed by atoms with van der Waals surface area (Å²) in [6, 6.07) is 7.74. The van der Waals surface area contributed by atoms with E-state index >= 15 is 0 Å². The summed E-state index contributed by atoms with van der Waals surface area (Å²) in [7, 11) is 0. The molecule has 23 heavy (non-hydrogen) atoms. The van der Waals surface area contributed by atoms with E-state index in [9.17, 15) is 4.79 Å². The van der Waals surface area contributed by atoms with Crippen LogP contribution in [-0.2, 0) is 4.79 Å². The molecule has 1 aromatic carbocycles. The highest BCUT2D eigenvalue weighted by atomic mass is 16.4. The molecule has 2 heterocycles. The van der Waals surface area contributed by atoms with Crippen LogP contribution in [0.3, 0.4) is 0 Å². The van der Waals surface area contributed by atoms with Gasteiger partial charge in [-0.2, -0.15) is 0 Å². The Bertz CT molecular complexity index is 833. The van der Waals surface area contributed by atoms with E-state index in [1.54, 1.807) is 18.2 Å². The fraction of sp³-hybridized carbons (Fsp3) is 0.200. The second kappa shape index (κ2) is 5.91. The molecule has 2 aliphatic rings. The van der Waals surface area contributed by atoms with Crippen molar-refractivity contribution < 1.29 is 9.90 Å². The highest BCUT2D eigenvalue weighted by molar-refractivity contribution is 6.11. The van der Waals surface area contributed by atoms with E-state index < -0.39 is 11.4 Å². The van der Waals surface area contributed by atoms with Gasteiger partial charge in [0.15, 0.2) is 0 Å². The monoisotopic (exact) mass is 310 g/mol. The first-order valence-corrected chi connectivity index (χ1v) is 7.05. The quantitative estimate of drug-likeness (QED) is 0.886. The molecule has 8 nitrogen and oxygen atoms in total. The number of fused-ring (bicyclic) bond motifs is 2. The maximum atomic E-state index is 11.1. The molecular formula is C15H14N6O2. The minimum atomic E-state index is -0.947. The lowest BCUT2D eigenvalue weighted by molar-refractivity contribution is -0.143. The number of para-hydroxylation sites is 1. The number of aromatic amines is 1. The van der Waals surface area contributed by atoms with Crippen LogP contribution in [0.2, 0.25) is 0 Å². The maximum Gasteiger partial charge on any atom is 0.317 e. The molecular weight excluding hydrogens is 296 g/mol. The molecule has 0 spiro atoms. The average Bonchev–Trinajstić information content (AvgIpc) is 3.23. The topological polar surface area (TPSA) is 116 Å². The number of nitrogens with one attached hydrogen (secondary N) is 1. The van der Waals surface area contributed by atoms with Crippen molar-refractivity contribution in [1.82, 2.24) is 15.4 Å². The molecule has 1 aliphatic carbocycles. The number of carboxylic acid groups (broad SMARTS) is 1. The summed E-state index contributed by atoms with van der Waals surface area (Å²) in [5.41, 5.74) is 2.14. The third-order valence-electron chi connectivity index (χ3n) is 3.72. The Morgan fingerprint density at radius 1 is 1.35 bits per heavy atom. The van der Waals surface area contributed by atoms with Gasteiger partial charge in [-0.3, -0.25) is 9.89 Å². The standard InChI is InChI=1S/C9H9N3O2.C6H5N3/c1-2-9(8(13)14)4-3-6-7(5-9)11-12-10-6;1-2-4-6-5(3-1)7-9-8-6/h3-5H,2H2,1H3,(H,13,14);1-4H,(H,7,8,9). The Hall–Kier alpha value is -3.16. The molecule has 1 unspecified atom stereocenters. The second-order valence-electron chi connectivity index (χ2n) is 5.07. The van der Waals surface area contributed by atoms with Crippen LogP contribution in [0, 0.1) is 5.41 Å². The van der Waals surface area contributed by atoms with Gasteiger partial charge >= 0.3 is 5.97 Å². The van der Waals surface area contributed by atoms with Crippen LogP contribution >= 0.6 is 0 Å². The van der Waals surface area contributed by atoms with Crippen molar-refractivity contribution in [3.63, 3.8) is 0 Å². The van der Waals surface area contributed by atoms with Gasteiger partial charge in [0.05, 0.1) is 5.52 Å². The van der Waals surface area contributed by atoms with E-state index in [-0.39, 0.29) is 0 Å². The third kappa shape index (κ3) is 2.78. The summed E-state index contributed by atoms with van der Waals surface area (Å²) in [5, 5.41) is 30.3. The number of benzene rings is 1. The number of hydrogen-bond donors (Lipinski definition) is 2. The van der Waals surface area contributed by atoms with Crippen molar-refractivity contribution in [3.8, 4) is 0 Å². The third-order valence-corrected chi connectivity index (χ3v) is 3.72. The van der Waals surface area contributed by atoms with E-state index in [1.807, 2.05) is 31.2 Å². The molecule has 0 bridgehead atoms. The van der Waals surface area contributed by atoms with Crippen molar-refractivity contribution in [3.05, 3.63) is 48.2 Å². The summed E-state index contributed by atoms with van der Waals surface area (Å²) >= 11 is 0.